The van der Waals surface area contributed by atoms with E-state index in [-0.39, 0.29) is 12.5 Å². The molecular formula is C15H16N6O. The van der Waals surface area contributed by atoms with Crippen LogP contribution in [0.15, 0.2) is 42.7 Å². The summed E-state index contributed by atoms with van der Waals surface area (Å²) in [6.45, 7) is 2.07. The van der Waals surface area contributed by atoms with E-state index in [2.05, 4.69) is 20.6 Å². The Morgan fingerprint density at radius 3 is 2.68 bits per heavy atom. The number of nitrogens with one attached hydrogen (secondary N) is 1. The van der Waals surface area contributed by atoms with E-state index in [0.717, 1.165) is 17.1 Å². The molecule has 2 heterocycles. The number of benzene rings is 1. The molecule has 0 saturated carbocycles. The summed E-state index contributed by atoms with van der Waals surface area (Å²) in [5.74, 6) is 1.04. The number of imidazole rings is 1. The van der Waals surface area contributed by atoms with Gasteiger partial charge in [0.25, 0.3) is 0 Å². The molecule has 112 valence electrons. The van der Waals surface area contributed by atoms with Gasteiger partial charge in [-0.3, -0.25) is 9.48 Å². The zero-order valence-electron chi connectivity index (χ0n) is 12.4. The smallest absolute Gasteiger partial charge is 0.245 e. The third-order valence-corrected chi connectivity index (χ3v) is 3.11. The van der Waals surface area contributed by atoms with Gasteiger partial charge < -0.3 is 9.88 Å². The number of carbonyl (C=O) groups is 1. The van der Waals surface area contributed by atoms with E-state index >= 15 is 0 Å². The zero-order valence-corrected chi connectivity index (χ0v) is 12.4. The summed E-state index contributed by atoms with van der Waals surface area (Å²) in [6.07, 6.45) is 3.51. The quantitative estimate of drug-likeness (QED) is 0.793. The van der Waals surface area contributed by atoms with Gasteiger partial charge in [-0.05, 0) is 6.92 Å². The lowest BCUT2D eigenvalue weighted by Gasteiger charge is -2.07. The maximum atomic E-state index is 12.1. The lowest BCUT2D eigenvalue weighted by atomic mass is 10.2. The van der Waals surface area contributed by atoms with Crippen LogP contribution < -0.4 is 5.32 Å². The van der Waals surface area contributed by atoms with Crippen LogP contribution in [0.3, 0.4) is 0 Å². The molecule has 3 rings (SSSR count). The summed E-state index contributed by atoms with van der Waals surface area (Å²) in [4.78, 5) is 16.6. The van der Waals surface area contributed by atoms with Gasteiger partial charge in [0.15, 0.2) is 5.82 Å². The van der Waals surface area contributed by atoms with Gasteiger partial charge in [-0.1, -0.05) is 35.5 Å². The SMILES string of the molecule is Cc1cn(CC(=O)Nc2cn(C)nn2)c(-c2ccccc2)n1. The number of rotatable bonds is 4. The van der Waals surface area contributed by atoms with Crippen LogP contribution in [0.4, 0.5) is 5.82 Å². The first-order chi connectivity index (χ1) is 10.6. The molecule has 0 bridgehead atoms. The minimum absolute atomic E-state index is 0.168. The molecule has 0 spiro atoms. The zero-order chi connectivity index (χ0) is 15.5. The van der Waals surface area contributed by atoms with Crippen molar-refractivity contribution < 1.29 is 4.79 Å². The van der Waals surface area contributed by atoms with Crippen molar-refractivity contribution in [3.63, 3.8) is 0 Å². The van der Waals surface area contributed by atoms with Gasteiger partial charge >= 0.3 is 0 Å². The van der Waals surface area contributed by atoms with E-state index in [1.165, 1.54) is 4.68 Å². The first-order valence-electron chi connectivity index (χ1n) is 6.87. The number of aromatic nitrogens is 5. The van der Waals surface area contributed by atoms with Crippen molar-refractivity contribution in [2.24, 2.45) is 7.05 Å². The average Bonchev–Trinajstić information content (AvgIpc) is 3.06. The summed E-state index contributed by atoms with van der Waals surface area (Å²) in [7, 11) is 1.75. The largest absolute Gasteiger partial charge is 0.321 e. The fourth-order valence-electron chi connectivity index (χ4n) is 2.23. The first kappa shape index (κ1) is 14.0. The number of nitrogens with zero attached hydrogens (tertiary/aromatic N) is 5. The first-order valence-corrected chi connectivity index (χ1v) is 6.87. The van der Waals surface area contributed by atoms with E-state index in [4.69, 9.17) is 0 Å². The van der Waals surface area contributed by atoms with E-state index in [0.29, 0.717) is 5.82 Å². The van der Waals surface area contributed by atoms with E-state index in [1.54, 1.807) is 13.2 Å². The number of carbonyl (C=O) groups excluding carboxylic acids is 1. The Morgan fingerprint density at radius 2 is 2.00 bits per heavy atom. The Hall–Kier alpha value is -2.96. The molecule has 0 aliphatic carbocycles. The monoisotopic (exact) mass is 296 g/mol. The third kappa shape index (κ3) is 3.03. The number of aryl methyl sites for hydroxylation is 2. The second-order valence-electron chi connectivity index (χ2n) is 5.03. The van der Waals surface area contributed by atoms with Crippen molar-refractivity contribution in [2.45, 2.75) is 13.5 Å². The molecule has 0 radical (unpaired) electrons. The van der Waals surface area contributed by atoms with Gasteiger partial charge in [-0.15, -0.1) is 5.10 Å². The van der Waals surface area contributed by atoms with Gasteiger partial charge in [0.05, 0.1) is 11.9 Å². The summed E-state index contributed by atoms with van der Waals surface area (Å²) < 4.78 is 3.36. The van der Waals surface area contributed by atoms with Gasteiger partial charge in [0, 0.05) is 18.8 Å². The molecule has 7 heteroatoms. The Labute approximate surface area is 127 Å². The Bertz CT molecular complexity index is 789. The molecule has 1 amide bonds. The fraction of sp³-hybridized carbons (Fsp3) is 0.200. The predicted octanol–water partition coefficient (Wildman–Crippen LogP) is 1.63. The maximum absolute atomic E-state index is 12.1. The second kappa shape index (κ2) is 5.80. The second-order valence-corrected chi connectivity index (χ2v) is 5.03. The van der Waals surface area contributed by atoms with Crippen LogP contribution in [-0.2, 0) is 18.4 Å². The number of anilines is 1. The molecule has 0 unspecified atom stereocenters. The highest BCUT2D eigenvalue weighted by molar-refractivity contribution is 5.89. The topological polar surface area (TPSA) is 77.6 Å². The molecule has 1 aromatic carbocycles. The summed E-state index contributed by atoms with van der Waals surface area (Å²) in [6, 6.07) is 9.79. The van der Waals surface area contributed by atoms with Crippen molar-refractivity contribution in [1.82, 2.24) is 24.5 Å². The van der Waals surface area contributed by atoms with Crippen LogP contribution >= 0.6 is 0 Å². The summed E-state index contributed by atoms with van der Waals surface area (Å²) in [5, 5.41) is 10.3. The lowest BCUT2D eigenvalue weighted by molar-refractivity contribution is -0.116. The molecule has 0 fully saturated rings. The highest BCUT2D eigenvalue weighted by Crippen LogP contribution is 2.18. The van der Waals surface area contributed by atoms with Crippen LogP contribution in [0.25, 0.3) is 11.4 Å². The van der Waals surface area contributed by atoms with Gasteiger partial charge in [0.2, 0.25) is 5.91 Å². The van der Waals surface area contributed by atoms with Crippen LogP contribution in [0.1, 0.15) is 5.69 Å². The maximum Gasteiger partial charge on any atom is 0.245 e. The minimum Gasteiger partial charge on any atom is -0.321 e. The molecule has 2 aromatic heterocycles. The predicted molar refractivity (Wildman–Crippen MR) is 82.0 cm³/mol. The van der Waals surface area contributed by atoms with Crippen LogP contribution in [0, 0.1) is 6.92 Å². The third-order valence-electron chi connectivity index (χ3n) is 3.11. The standard InChI is InChI=1S/C15H16N6O/c1-11-8-21(15(16-11)12-6-4-3-5-7-12)10-14(22)17-13-9-20(2)19-18-13/h3-9H,10H2,1-2H3,(H,17,22). The molecule has 0 aliphatic heterocycles. The number of amides is 1. The molecule has 3 aromatic rings. The van der Waals surface area contributed by atoms with Gasteiger partial charge in [0.1, 0.15) is 12.4 Å². The Morgan fingerprint density at radius 1 is 1.23 bits per heavy atom. The van der Waals surface area contributed by atoms with Crippen molar-refractivity contribution in [3.05, 3.63) is 48.4 Å². The molecule has 1 N–H and O–H groups in total. The molecule has 22 heavy (non-hydrogen) atoms. The van der Waals surface area contributed by atoms with Gasteiger partial charge in [-0.25, -0.2) is 4.98 Å². The van der Waals surface area contributed by atoms with Crippen molar-refractivity contribution in [1.29, 1.82) is 0 Å². The van der Waals surface area contributed by atoms with E-state index < -0.39 is 0 Å². The lowest BCUT2D eigenvalue weighted by Crippen LogP contribution is -2.19. The average molecular weight is 296 g/mol. The fourth-order valence-corrected chi connectivity index (χ4v) is 2.23. The van der Waals surface area contributed by atoms with Crippen LogP contribution in [0.5, 0.6) is 0 Å². The van der Waals surface area contributed by atoms with E-state index in [9.17, 15) is 4.79 Å². The van der Waals surface area contributed by atoms with Gasteiger partial charge in [-0.2, -0.15) is 0 Å². The molecule has 7 nitrogen and oxygen atoms in total. The normalized spacial score (nSPS) is 10.6. The summed E-state index contributed by atoms with van der Waals surface area (Å²) >= 11 is 0. The highest BCUT2D eigenvalue weighted by atomic mass is 16.2. The minimum atomic E-state index is -0.171. The molecule has 0 aliphatic rings. The highest BCUT2D eigenvalue weighted by Gasteiger charge is 2.12. The van der Waals surface area contributed by atoms with Crippen molar-refractivity contribution >= 4 is 11.7 Å². The Kier molecular flexibility index (Phi) is 3.69. The Balaban J connectivity index is 1.79. The van der Waals surface area contributed by atoms with E-state index in [1.807, 2.05) is 48.0 Å². The molecule has 0 atom stereocenters. The van der Waals surface area contributed by atoms with Crippen molar-refractivity contribution in [3.8, 4) is 11.4 Å². The number of hydrogen-bond acceptors (Lipinski definition) is 4. The molecular weight excluding hydrogens is 280 g/mol. The van der Waals surface area contributed by atoms with Crippen molar-refractivity contribution in [2.75, 3.05) is 5.32 Å². The summed E-state index contributed by atoms with van der Waals surface area (Å²) in [5.41, 5.74) is 1.84. The van der Waals surface area contributed by atoms with Crippen LogP contribution in [-0.4, -0.2) is 30.5 Å². The molecule has 0 saturated heterocycles. The number of hydrogen-bond donors (Lipinski definition) is 1. The van der Waals surface area contributed by atoms with Crippen LogP contribution in [0.2, 0.25) is 0 Å².